The fourth-order valence-corrected chi connectivity index (χ4v) is 4.09. The molecule has 1 aromatic heterocycles. The Kier molecular flexibility index (Phi) is 5.85. The van der Waals surface area contributed by atoms with E-state index in [0.717, 1.165) is 42.8 Å². The Morgan fingerprint density at radius 2 is 2.03 bits per heavy atom. The molecule has 2 N–H and O–H groups in total. The first-order valence-corrected chi connectivity index (χ1v) is 10.0. The van der Waals surface area contributed by atoms with Crippen molar-refractivity contribution in [2.75, 3.05) is 13.1 Å². The zero-order valence-electron chi connectivity index (χ0n) is 16.2. The third-order valence-electron chi connectivity index (χ3n) is 5.75. The molecule has 2 aliphatic rings. The van der Waals surface area contributed by atoms with Gasteiger partial charge < -0.3 is 15.5 Å². The van der Waals surface area contributed by atoms with E-state index in [-0.39, 0.29) is 17.8 Å². The van der Waals surface area contributed by atoms with Crippen LogP contribution in [-0.4, -0.2) is 35.8 Å². The zero-order chi connectivity index (χ0) is 20.1. The highest BCUT2D eigenvalue weighted by Gasteiger charge is 2.43. The monoisotopic (exact) mass is 396 g/mol. The van der Waals surface area contributed by atoms with E-state index in [4.69, 9.17) is 4.84 Å². The van der Waals surface area contributed by atoms with Crippen LogP contribution >= 0.6 is 0 Å². The highest BCUT2D eigenvalue weighted by Crippen LogP contribution is 2.37. The molecular weight excluding hydrogens is 371 g/mol. The van der Waals surface area contributed by atoms with Crippen LogP contribution < -0.4 is 10.6 Å². The number of pyridine rings is 1. The fraction of sp³-hybridized carbons (Fsp3) is 0.409. The summed E-state index contributed by atoms with van der Waals surface area (Å²) < 4.78 is 13.2. The zero-order valence-corrected chi connectivity index (χ0v) is 16.2. The predicted molar refractivity (Wildman–Crippen MR) is 108 cm³/mol. The van der Waals surface area contributed by atoms with Gasteiger partial charge in [0.25, 0.3) is 0 Å². The van der Waals surface area contributed by atoms with Gasteiger partial charge in [-0.3, -0.25) is 9.78 Å². The van der Waals surface area contributed by atoms with Crippen LogP contribution in [0.1, 0.15) is 36.8 Å². The molecule has 6 nitrogen and oxygen atoms in total. The predicted octanol–water partition coefficient (Wildman–Crippen LogP) is 2.79. The van der Waals surface area contributed by atoms with Crippen molar-refractivity contribution in [1.82, 2.24) is 15.6 Å². The van der Waals surface area contributed by atoms with E-state index in [0.29, 0.717) is 19.4 Å². The summed E-state index contributed by atoms with van der Waals surface area (Å²) in [6.45, 7) is 2.07. The van der Waals surface area contributed by atoms with Crippen LogP contribution in [-0.2, 0) is 16.2 Å². The van der Waals surface area contributed by atoms with Crippen molar-refractivity contribution >= 4 is 11.6 Å². The Morgan fingerprint density at radius 3 is 2.76 bits per heavy atom. The number of carbonyl (C=O) groups excluding carboxylic acids is 1. The van der Waals surface area contributed by atoms with Crippen LogP contribution in [0.3, 0.4) is 0 Å². The van der Waals surface area contributed by atoms with Gasteiger partial charge in [-0.15, -0.1) is 0 Å². The van der Waals surface area contributed by atoms with Crippen molar-refractivity contribution in [1.29, 1.82) is 0 Å². The van der Waals surface area contributed by atoms with Gasteiger partial charge in [-0.2, -0.15) is 0 Å². The molecule has 0 radical (unpaired) electrons. The summed E-state index contributed by atoms with van der Waals surface area (Å²) in [4.78, 5) is 22.9. The summed E-state index contributed by atoms with van der Waals surface area (Å²) in [5.41, 5.74) is 2.15. The molecule has 1 aromatic carbocycles. The van der Waals surface area contributed by atoms with Gasteiger partial charge in [0.15, 0.2) is 0 Å². The van der Waals surface area contributed by atoms with Crippen LogP contribution in [0.2, 0.25) is 0 Å². The normalized spacial score (nSPS) is 20.6. The molecule has 1 amide bonds. The quantitative estimate of drug-likeness (QED) is 0.787. The van der Waals surface area contributed by atoms with Crippen LogP contribution in [0.15, 0.2) is 53.9 Å². The molecule has 0 aliphatic carbocycles. The molecule has 0 unspecified atom stereocenters. The molecule has 0 saturated carbocycles. The van der Waals surface area contributed by atoms with Crippen LogP contribution in [0, 0.1) is 11.2 Å². The summed E-state index contributed by atoms with van der Waals surface area (Å²) in [7, 11) is 0. The van der Waals surface area contributed by atoms with Crippen molar-refractivity contribution in [3.05, 3.63) is 65.7 Å². The molecule has 3 heterocycles. The van der Waals surface area contributed by atoms with Crippen LogP contribution in [0.25, 0.3) is 0 Å². The van der Waals surface area contributed by atoms with Crippen molar-refractivity contribution in [3.63, 3.8) is 0 Å². The molecule has 1 saturated heterocycles. The minimum Gasteiger partial charge on any atom is -0.392 e. The third kappa shape index (κ3) is 4.62. The number of aromatic nitrogens is 1. The second-order valence-electron chi connectivity index (χ2n) is 7.75. The first kappa shape index (κ1) is 19.5. The van der Waals surface area contributed by atoms with Crippen LogP contribution in [0.5, 0.6) is 0 Å². The number of piperidine rings is 1. The molecule has 152 valence electrons. The Bertz CT molecular complexity index is 864. The second-order valence-corrected chi connectivity index (χ2v) is 7.75. The number of halogens is 1. The highest BCUT2D eigenvalue weighted by atomic mass is 19.1. The summed E-state index contributed by atoms with van der Waals surface area (Å²) in [6, 6.07) is 10.1. The Balaban J connectivity index is 1.40. The van der Waals surface area contributed by atoms with Gasteiger partial charge in [0.2, 0.25) is 5.91 Å². The summed E-state index contributed by atoms with van der Waals surface area (Å²) in [5.74, 6) is -0.217. The molecule has 1 fully saturated rings. The number of rotatable bonds is 6. The van der Waals surface area contributed by atoms with Gasteiger partial charge in [-0.05, 0) is 55.3 Å². The molecular formula is C22H25FN4O2. The largest absolute Gasteiger partial charge is 0.392 e. The minimum absolute atomic E-state index is 0.0571. The Labute approximate surface area is 169 Å². The fourth-order valence-electron chi connectivity index (χ4n) is 4.09. The standard InChI is InChI=1S/C22H25FN4O2/c23-18-5-3-17(4-6-18)20-12-19(29-27-20)13-22(7-10-24-11-8-22)21(28)26-15-16-2-1-9-25-14-16/h1-6,9,14,19,24H,7-8,10-13,15H2,(H,26,28)/t19-/m1/s1. The third-order valence-corrected chi connectivity index (χ3v) is 5.75. The maximum absolute atomic E-state index is 13.2. The first-order valence-electron chi connectivity index (χ1n) is 10.0. The first-order chi connectivity index (χ1) is 14.1. The van der Waals surface area contributed by atoms with Gasteiger partial charge in [-0.25, -0.2) is 4.39 Å². The minimum atomic E-state index is -0.480. The number of hydrogen-bond donors (Lipinski definition) is 2. The van der Waals surface area contributed by atoms with E-state index < -0.39 is 5.41 Å². The van der Waals surface area contributed by atoms with Crippen molar-refractivity contribution < 1.29 is 14.0 Å². The number of nitrogens with one attached hydrogen (secondary N) is 2. The number of carbonyl (C=O) groups is 1. The lowest BCUT2D eigenvalue weighted by Gasteiger charge is -2.37. The SMILES string of the molecule is O=C(NCc1cccnc1)C1(C[C@H]2CC(c3ccc(F)cc3)=NO2)CCNCC1. The number of benzene rings is 1. The van der Waals surface area contributed by atoms with Gasteiger partial charge in [-0.1, -0.05) is 23.4 Å². The summed E-state index contributed by atoms with van der Waals surface area (Å²) in [6.07, 6.45) is 6.08. The van der Waals surface area contributed by atoms with E-state index in [2.05, 4.69) is 20.8 Å². The van der Waals surface area contributed by atoms with E-state index in [1.165, 1.54) is 12.1 Å². The molecule has 29 heavy (non-hydrogen) atoms. The second kappa shape index (κ2) is 8.69. The van der Waals surface area contributed by atoms with Crippen molar-refractivity contribution in [2.45, 2.75) is 38.3 Å². The number of nitrogens with zero attached hydrogens (tertiary/aromatic N) is 2. The molecule has 2 aromatic rings. The lowest BCUT2D eigenvalue weighted by Crippen LogP contribution is -2.49. The van der Waals surface area contributed by atoms with E-state index in [1.807, 2.05) is 12.1 Å². The van der Waals surface area contributed by atoms with Gasteiger partial charge in [0, 0.05) is 31.8 Å². The molecule has 2 aliphatic heterocycles. The Hall–Kier alpha value is -2.80. The summed E-state index contributed by atoms with van der Waals surface area (Å²) >= 11 is 0. The molecule has 0 bridgehead atoms. The van der Waals surface area contributed by atoms with Crippen molar-refractivity contribution in [2.24, 2.45) is 10.6 Å². The average molecular weight is 396 g/mol. The van der Waals surface area contributed by atoms with Gasteiger partial charge in [0.05, 0.1) is 11.1 Å². The summed E-state index contributed by atoms with van der Waals surface area (Å²) in [5, 5.41) is 10.6. The molecule has 0 spiro atoms. The van der Waals surface area contributed by atoms with Gasteiger partial charge in [0.1, 0.15) is 11.9 Å². The highest BCUT2D eigenvalue weighted by molar-refractivity contribution is 6.01. The number of amides is 1. The smallest absolute Gasteiger partial charge is 0.226 e. The van der Waals surface area contributed by atoms with Crippen LogP contribution in [0.4, 0.5) is 4.39 Å². The van der Waals surface area contributed by atoms with Crippen molar-refractivity contribution in [3.8, 4) is 0 Å². The average Bonchev–Trinajstić information content (AvgIpc) is 3.22. The van der Waals surface area contributed by atoms with E-state index >= 15 is 0 Å². The molecule has 1 atom stereocenters. The van der Waals surface area contributed by atoms with E-state index in [1.54, 1.807) is 24.5 Å². The maximum Gasteiger partial charge on any atom is 0.226 e. The number of oxime groups is 1. The topological polar surface area (TPSA) is 75.6 Å². The maximum atomic E-state index is 13.2. The molecule has 7 heteroatoms. The lowest BCUT2D eigenvalue weighted by atomic mass is 9.73. The Morgan fingerprint density at radius 1 is 1.24 bits per heavy atom. The van der Waals surface area contributed by atoms with Gasteiger partial charge >= 0.3 is 0 Å². The van der Waals surface area contributed by atoms with E-state index in [9.17, 15) is 9.18 Å². The molecule has 4 rings (SSSR count). The lowest BCUT2D eigenvalue weighted by molar-refractivity contribution is -0.135. The number of hydrogen-bond acceptors (Lipinski definition) is 5.